The third kappa shape index (κ3) is 5.10. The third-order valence-electron chi connectivity index (χ3n) is 4.92. The van der Waals surface area contributed by atoms with Crippen LogP contribution < -0.4 is 5.32 Å². The Labute approximate surface area is 169 Å². The van der Waals surface area contributed by atoms with Gasteiger partial charge < -0.3 is 5.32 Å². The molecule has 3 rings (SSSR count). The van der Waals surface area contributed by atoms with Crippen molar-refractivity contribution in [3.05, 3.63) is 70.5 Å². The Balaban J connectivity index is 1.53. The number of nitrogens with zero attached hydrogens (tertiary/aromatic N) is 1. The van der Waals surface area contributed by atoms with Gasteiger partial charge >= 0.3 is 0 Å². The number of hydrogen-bond acceptors (Lipinski definition) is 3. The maximum atomic E-state index is 13.6. The van der Waals surface area contributed by atoms with Crippen molar-refractivity contribution in [2.75, 3.05) is 13.1 Å². The number of carbonyl (C=O) groups is 1. The molecule has 0 unspecified atom stereocenters. The number of nitrogens with one attached hydrogen (secondary N) is 1. The minimum Gasteiger partial charge on any atom is -0.352 e. The predicted molar refractivity (Wildman–Crippen MR) is 107 cm³/mol. The van der Waals surface area contributed by atoms with Gasteiger partial charge in [0.15, 0.2) is 0 Å². The summed E-state index contributed by atoms with van der Waals surface area (Å²) in [7, 11) is -3.50. The summed E-state index contributed by atoms with van der Waals surface area (Å²) in [5, 5.41) is 3.17. The van der Waals surface area contributed by atoms with Gasteiger partial charge in [-0.15, -0.1) is 0 Å². The molecule has 0 aliphatic carbocycles. The summed E-state index contributed by atoms with van der Waals surface area (Å²) in [5.41, 5.74) is 0.990. The molecule has 1 heterocycles. The topological polar surface area (TPSA) is 66.5 Å². The zero-order valence-electron chi connectivity index (χ0n) is 15.3. The lowest BCUT2D eigenvalue weighted by Gasteiger charge is -2.30. The van der Waals surface area contributed by atoms with Crippen LogP contribution in [0.4, 0.5) is 4.39 Å². The van der Waals surface area contributed by atoms with Gasteiger partial charge in [-0.05, 0) is 30.5 Å². The molecule has 1 saturated heterocycles. The molecule has 1 N–H and O–H groups in total. The molecule has 28 heavy (non-hydrogen) atoms. The zero-order valence-corrected chi connectivity index (χ0v) is 16.8. The highest BCUT2D eigenvalue weighted by molar-refractivity contribution is 7.88. The van der Waals surface area contributed by atoms with E-state index < -0.39 is 10.0 Å². The molecule has 2 aromatic carbocycles. The van der Waals surface area contributed by atoms with Crippen LogP contribution in [0.5, 0.6) is 0 Å². The second-order valence-corrected chi connectivity index (χ2v) is 9.21. The summed E-state index contributed by atoms with van der Waals surface area (Å²) in [6.07, 6.45) is 0.871. The highest BCUT2D eigenvalue weighted by Gasteiger charge is 2.31. The lowest BCUT2D eigenvalue weighted by Crippen LogP contribution is -2.43. The van der Waals surface area contributed by atoms with Crippen LogP contribution in [0.15, 0.2) is 48.5 Å². The maximum absolute atomic E-state index is 13.6. The number of hydrogen-bond donors (Lipinski definition) is 1. The van der Waals surface area contributed by atoms with Crippen molar-refractivity contribution in [2.45, 2.75) is 25.1 Å². The fraction of sp³-hybridized carbons (Fsp3) is 0.350. The Morgan fingerprint density at radius 1 is 1.07 bits per heavy atom. The molecular formula is C20H22ClFN2O3S. The van der Waals surface area contributed by atoms with E-state index in [1.807, 2.05) is 0 Å². The molecular weight excluding hydrogens is 403 g/mol. The monoisotopic (exact) mass is 424 g/mol. The standard InChI is InChI=1S/C20H22ClFN2O3S/c21-18-7-3-1-6-17(18)14-28(26,27)24-11-9-15(10-12-24)20(25)23-13-16-5-2-4-8-19(16)22/h1-8,15H,9-14H2,(H,23,25). The van der Waals surface area contributed by atoms with Crippen molar-refractivity contribution in [2.24, 2.45) is 5.92 Å². The largest absolute Gasteiger partial charge is 0.352 e. The van der Waals surface area contributed by atoms with Crippen LogP contribution in [0.25, 0.3) is 0 Å². The van der Waals surface area contributed by atoms with E-state index in [4.69, 9.17) is 11.6 Å². The van der Waals surface area contributed by atoms with Crippen LogP contribution in [0.1, 0.15) is 24.0 Å². The SMILES string of the molecule is O=C(NCc1ccccc1F)C1CCN(S(=O)(=O)Cc2ccccc2Cl)CC1. The van der Waals surface area contributed by atoms with Gasteiger partial charge in [0.1, 0.15) is 5.82 Å². The van der Waals surface area contributed by atoms with Crippen LogP contribution in [0.3, 0.4) is 0 Å². The Morgan fingerprint density at radius 2 is 1.68 bits per heavy atom. The molecule has 0 aromatic heterocycles. The number of amides is 1. The first-order valence-electron chi connectivity index (χ1n) is 9.09. The lowest BCUT2D eigenvalue weighted by atomic mass is 9.97. The molecule has 0 saturated carbocycles. The van der Waals surface area contributed by atoms with E-state index in [0.717, 1.165) is 0 Å². The van der Waals surface area contributed by atoms with E-state index in [9.17, 15) is 17.6 Å². The van der Waals surface area contributed by atoms with Gasteiger partial charge in [-0.3, -0.25) is 4.79 Å². The molecule has 0 bridgehead atoms. The first-order chi connectivity index (χ1) is 13.4. The third-order valence-corrected chi connectivity index (χ3v) is 7.12. The average molecular weight is 425 g/mol. The molecule has 8 heteroatoms. The quantitative estimate of drug-likeness (QED) is 0.773. The predicted octanol–water partition coefficient (Wildman–Crippen LogP) is 3.34. The molecule has 1 amide bonds. The number of halogens is 2. The summed E-state index contributed by atoms with van der Waals surface area (Å²) >= 11 is 6.07. The van der Waals surface area contributed by atoms with Gasteiger partial charge in [0.05, 0.1) is 5.75 Å². The fourth-order valence-corrected chi connectivity index (χ4v) is 5.14. The van der Waals surface area contributed by atoms with Gasteiger partial charge in [-0.1, -0.05) is 48.0 Å². The van der Waals surface area contributed by atoms with Crippen molar-refractivity contribution >= 4 is 27.5 Å². The summed E-state index contributed by atoms with van der Waals surface area (Å²) in [4.78, 5) is 12.4. The molecule has 0 spiro atoms. The Kier molecular flexibility index (Phi) is 6.69. The molecule has 1 aliphatic heterocycles. The van der Waals surface area contributed by atoms with E-state index in [2.05, 4.69) is 5.32 Å². The molecule has 0 atom stereocenters. The van der Waals surface area contributed by atoms with Gasteiger partial charge in [0, 0.05) is 36.1 Å². The lowest BCUT2D eigenvalue weighted by molar-refractivity contribution is -0.126. The first kappa shape index (κ1) is 20.8. The molecule has 2 aromatic rings. The molecule has 150 valence electrons. The summed E-state index contributed by atoms with van der Waals surface area (Å²) in [5.74, 6) is -0.968. The van der Waals surface area contributed by atoms with Crippen molar-refractivity contribution in [1.82, 2.24) is 9.62 Å². The minimum absolute atomic E-state index is 0.122. The highest BCUT2D eigenvalue weighted by Crippen LogP contribution is 2.24. The van der Waals surface area contributed by atoms with Gasteiger partial charge in [0.25, 0.3) is 0 Å². The maximum Gasteiger partial charge on any atom is 0.223 e. The molecule has 1 aliphatic rings. The number of rotatable bonds is 6. The van der Waals surface area contributed by atoms with Crippen molar-refractivity contribution in [3.63, 3.8) is 0 Å². The van der Waals surface area contributed by atoms with Crippen molar-refractivity contribution in [3.8, 4) is 0 Å². The van der Waals surface area contributed by atoms with Crippen LogP contribution in [0, 0.1) is 11.7 Å². The number of benzene rings is 2. The summed E-state index contributed by atoms with van der Waals surface area (Å²) in [6.45, 7) is 0.686. The van der Waals surface area contributed by atoms with Crippen LogP contribution in [-0.2, 0) is 27.1 Å². The smallest absolute Gasteiger partial charge is 0.223 e. The van der Waals surface area contributed by atoms with E-state index >= 15 is 0 Å². The van der Waals surface area contributed by atoms with Gasteiger partial charge in [-0.2, -0.15) is 0 Å². The van der Waals surface area contributed by atoms with Crippen LogP contribution >= 0.6 is 11.6 Å². The number of carbonyl (C=O) groups excluding carboxylic acids is 1. The van der Waals surface area contributed by atoms with E-state index in [0.29, 0.717) is 29.0 Å². The van der Waals surface area contributed by atoms with Gasteiger partial charge in [0.2, 0.25) is 15.9 Å². The Hall–Kier alpha value is -1.96. The van der Waals surface area contributed by atoms with E-state index in [-0.39, 0.29) is 43.0 Å². The normalized spacial score (nSPS) is 16.1. The zero-order chi connectivity index (χ0) is 20.1. The van der Waals surface area contributed by atoms with Crippen molar-refractivity contribution < 1.29 is 17.6 Å². The second kappa shape index (κ2) is 9.03. The average Bonchev–Trinajstić information content (AvgIpc) is 2.69. The van der Waals surface area contributed by atoms with Gasteiger partial charge in [-0.25, -0.2) is 17.1 Å². The second-order valence-electron chi connectivity index (χ2n) is 6.83. The highest BCUT2D eigenvalue weighted by atomic mass is 35.5. The number of sulfonamides is 1. The molecule has 1 fully saturated rings. The number of piperidine rings is 1. The summed E-state index contributed by atoms with van der Waals surface area (Å²) in [6, 6.07) is 13.2. The molecule has 0 radical (unpaired) electrons. The van der Waals surface area contributed by atoms with Crippen LogP contribution in [-0.4, -0.2) is 31.7 Å². The Morgan fingerprint density at radius 3 is 2.32 bits per heavy atom. The van der Waals surface area contributed by atoms with E-state index in [1.54, 1.807) is 42.5 Å². The Bertz CT molecular complexity index is 944. The minimum atomic E-state index is -3.50. The molecule has 5 nitrogen and oxygen atoms in total. The van der Waals surface area contributed by atoms with E-state index in [1.165, 1.54) is 10.4 Å². The summed E-state index contributed by atoms with van der Waals surface area (Å²) < 4.78 is 40.4. The first-order valence-corrected chi connectivity index (χ1v) is 11.1. The van der Waals surface area contributed by atoms with Crippen LogP contribution in [0.2, 0.25) is 5.02 Å². The fourth-order valence-electron chi connectivity index (χ4n) is 3.27. The van der Waals surface area contributed by atoms with Crippen molar-refractivity contribution in [1.29, 1.82) is 0 Å².